The highest BCUT2D eigenvalue weighted by Crippen LogP contribution is 2.52. The summed E-state index contributed by atoms with van der Waals surface area (Å²) in [4.78, 5) is 0. The maximum absolute atomic E-state index is 15.1. The van der Waals surface area contributed by atoms with Gasteiger partial charge in [-0.2, -0.15) is 0 Å². The molecular weight excluding hydrogens is 619 g/mol. The average Bonchev–Trinajstić information content (AvgIpc) is 3.08. The van der Waals surface area contributed by atoms with Crippen molar-refractivity contribution in [2.45, 2.75) is 19.0 Å². The number of benzene rings is 6. The van der Waals surface area contributed by atoms with Crippen LogP contribution in [0.1, 0.15) is 13.3 Å². The lowest BCUT2D eigenvalue weighted by Crippen LogP contribution is -2.25. The Hall–Kier alpha value is -4.43. The number of fused-ring (bicyclic) bond motifs is 3. The van der Waals surface area contributed by atoms with Crippen LogP contribution in [0.2, 0.25) is 0 Å². The summed E-state index contributed by atoms with van der Waals surface area (Å²) in [6.07, 6.45) is 6.71. The SMILES string of the molecule is CC1=CCC(P(=O)(c2ccc(F)cc2)c2ccc3c(ccc4cc(P(=O)(c5ccc(F)cc5)c5ccc(F)cc5)ccc43)c2)C=C1. The van der Waals surface area contributed by atoms with E-state index in [1.807, 2.05) is 67.6 Å². The van der Waals surface area contributed by atoms with Crippen LogP contribution in [0, 0.1) is 17.5 Å². The second kappa shape index (κ2) is 11.7. The first-order chi connectivity index (χ1) is 22.2. The zero-order valence-electron chi connectivity index (χ0n) is 24.9. The number of allylic oxidation sites excluding steroid dienone is 4. The largest absolute Gasteiger partial charge is 0.313 e. The Morgan fingerprint density at radius 1 is 0.543 bits per heavy atom. The Morgan fingerprint density at radius 2 is 0.978 bits per heavy atom. The summed E-state index contributed by atoms with van der Waals surface area (Å²) in [5.41, 5.74) is 0.865. The lowest BCUT2D eigenvalue weighted by atomic mass is 10.0. The first kappa shape index (κ1) is 30.2. The Bertz CT molecular complexity index is 2220. The van der Waals surface area contributed by atoms with E-state index in [9.17, 15) is 17.7 Å². The van der Waals surface area contributed by atoms with Gasteiger partial charge in [0.15, 0.2) is 7.14 Å². The highest BCUT2D eigenvalue weighted by Gasteiger charge is 2.36. The van der Waals surface area contributed by atoms with Crippen molar-refractivity contribution in [1.29, 1.82) is 0 Å². The summed E-state index contributed by atoms with van der Waals surface area (Å²) in [5, 5.41) is 6.35. The molecule has 0 saturated carbocycles. The van der Waals surface area contributed by atoms with E-state index < -0.39 is 25.9 Å². The third kappa shape index (κ3) is 5.18. The smallest absolute Gasteiger partial charge is 0.171 e. The molecule has 0 fully saturated rings. The van der Waals surface area contributed by atoms with Crippen molar-refractivity contribution in [1.82, 2.24) is 0 Å². The minimum Gasteiger partial charge on any atom is -0.313 e. The molecule has 0 amide bonds. The van der Waals surface area contributed by atoms with Gasteiger partial charge in [0, 0.05) is 32.2 Å². The molecule has 7 heteroatoms. The predicted octanol–water partition coefficient (Wildman–Crippen LogP) is 8.64. The van der Waals surface area contributed by atoms with Gasteiger partial charge in [0.2, 0.25) is 0 Å². The second-order valence-corrected chi connectivity index (χ2v) is 17.5. The van der Waals surface area contributed by atoms with Crippen molar-refractivity contribution in [2.24, 2.45) is 0 Å². The summed E-state index contributed by atoms with van der Waals surface area (Å²) in [6.45, 7) is 2.01. The fourth-order valence-corrected chi connectivity index (χ4v) is 12.0. The quantitative estimate of drug-likeness (QED) is 0.134. The van der Waals surface area contributed by atoms with E-state index in [-0.39, 0.29) is 11.5 Å². The minimum atomic E-state index is -3.48. The molecular formula is C39H29F3O2P2. The van der Waals surface area contributed by atoms with Gasteiger partial charge in [-0.05, 0) is 120 Å². The average molecular weight is 649 g/mol. The summed E-state index contributed by atoms with van der Waals surface area (Å²) >= 11 is 0. The number of halogens is 3. The zero-order chi connectivity index (χ0) is 32.1. The molecule has 6 aromatic carbocycles. The van der Waals surface area contributed by atoms with E-state index in [0.29, 0.717) is 32.9 Å². The zero-order valence-corrected chi connectivity index (χ0v) is 26.7. The highest BCUT2D eigenvalue weighted by atomic mass is 31.2. The Morgan fingerprint density at radius 3 is 1.46 bits per heavy atom. The topological polar surface area (TPSA) is 34.1 Å². The van der Waals surface area contributed by atoms with Crippen molar-refractivity contribution in [3.05, 3.63) is 163 Å². The molecule has 2 unspecified atom stereocenters. The molecule has 1 aliphatic carbocycles. The van der Waals surface area contributed by atoms with Crippen molar-refractivity contribution in [3.8, 4) is 0 Å². The van der Waals surface area contributed by atoms with Crippen molar-refractivity contribution >= 4 is 62.4 Å². The van der Waals surface area contributed by atoms with Crippen molar-refractivity contribution in [3.63, 3.8) is 0 Å². The molecule has 2 nitrogen and oxygen atoms in total. The van der Waals surface area contributed by atoms with Crippen LogP contribution in [-0.4, -0.2) is 5.66 Å². The third-order valence-corrected chi connectivity index (χ3v) is 15.4. The standard InChI is InChI=1S/C39H29F3O2P2/c1-26-2-12-32(13-3-26)45(43,33-14-6-29(40)7-15-33)36-20-22-38-27(24-36)4-5-28-25-37(21-23-39(28)38)46(44,34-16-8-30(41)9-17-34)35-18-10-31(42)11-19-35/h2-12,14-25,32H,13H2,1H3. The molecule has 0 heterocycles. The van der Waals surface area contributed by atoms with Crippen LogP contribution in [0.3, 0.4) is 0 Å². The van der Waals surface area contributed by atoms with E-state index in [2.05, 4.69) is 6.08 Å². The molecule has 0 aromatic heterocycles. The summed E-state index contributed by atoms with van der Waals surface area (Å²) in [6, 6.07) is 32.5. The maximum atomic E-state index is 15.1. The minimum absolute atomic E-state index is 0.255. The van der Waals surface area contributed by atoms with Crippen LogP contribution in [0.15, 0.2) is 145 Å². The fraction of sp³-hybridized carbons (Fsp3) is 0.0769. The Balaban J connectivity index is 1.36. The number of hydrogen-bond acceptors (Lipinski definition) is 2. The maximum Gasteiger partial charge on any atom is 0.171 e. The van der Waals surface area contributed by atoms with Crippen molar-refractivity contribution in [2.75, 3.05) is 0 Å². The van der Waals surface area contributed by atoms with Crippen LogP contribution in [0.5, 0.6) is 0 Å². The Kier molecular flexibility index (Phi) is 7.71. The molecule has 7 rings (SSSR count). The van der Waals surface area contributed by atoms with Crippen LogP contribution < -0.4 is 26.5 Å². The molecule has 6 aromatic rings. The van der Waals surface area contributed by atoms with Crippen LogP contribution in [0.4, 0.5) is 13.2 Å². The van der Waals surface area contributed by atoms with Gasteiger partial charge in [0.1, 0.15) is 24.6 Å². The lowest BCUT2D eigenvalue weighted by Gasteiger charge is -2.28. The van der Waals surface area contributed by atoms with E-state index in [1.165, 1.54) is 60.7 Å². The van der Waals surface area contributed by atoms with E-state index >= 15 is 4.57 Å². The normalized spacial score (nSPS) is 16.3. The third-order valence-electron chi connectivity index (χ3n) is 8.87. The van der Waals surface area contributed by atoms with Gasteiger partial charge < -0.3 is 9.13 Å². The van der Waals surface area contributed by atoms with Gasteiger partial charge in [-0.25, -0.2) is 13.2 Å². The fourth-order valence-electron chi connectivity index (χ4n) is 6.38. The summed E-state index contributed by atoms with van der Waals surface area (Å²) in [5.74, 6) is -1.25. The first-order valence-electron chi connectivity index (χ1n) is 15.0. The molecule has 2 atom stereocenters. The van der Waals surface area contributed by atoms with Crippen LogP contribution >= 0.6 is 14.3 Å². The summed E-state index contributed by atoms with van der Waals surface area (Å²) < 4.78 is 71.6. The molecule has 0 bridgehead atoms. The molecule has 46 heavy (non-hydrogen) atoms. The molecule has 1 aliphatic rings. The monoisotopic (exact) mass is 648 g/mol. The molecule has 0 spiro atoms. The first-order valence-corrected chi connectivity index (χ1v) is 18.5. The lowest BCUT2D eigenvalue weighted by molar-refractivity contribution is 0.582. The predicted molar refractivity (Wildman–Crippen MR) is 185 cm³/mol. The van der Waals surface area contributed by atoms with E-state index in [1.54, 1.807) is 12.1 Å². The number of rotatable bonds is 6. The molecule has 0 aliphatic heterocycles. The van der Waals surface area contributed by atoms with Gasteiger partial charge in [-0.3, -0.25) is 0 Å². The molecule has 0 N–H and O–H groups in total. The van der Waals surface area contributed by atoms with E-state index in [0.717, 1.165) is 27.1 Å². The van der Waals surface area contributed by atoms with Gasteiger partial charge in [-0.15, -0.1) is 0 Å². The molecule has 0 saturated heterocycles. The van der Waals surface area contributed by atoms with Crippen LogP contribution in [0.25, 0.3) is 21.5 Å². The Labute approximate surface area is 265 Å². The van der Waals surface area contributed by atoms with Gasteiger partial charge in [-0.1, -0.05) is 60.2 Å². The van der Waals surface area contributed by atoms with Gasteiger partial charge in [0.25, 0.3) is 0 Å². The molecule has 0 radical (unpaired) electrons. The highest BCUT2D eigenvalue weighted by molar-refractivity contribution is 7.85. The van der Waals surface area contributed by atoms with Gasteiger partial charge in [0.05, 0.1) is 0 Å². The van der Waals surface area contributed by atoms with E-state index in [4.69, 9.17) is 0 Å². The molecule has 228 valence electrons. The van der Waals surface area contributed by atoms with Crippen molar-refractivity contribution < 1.29 is 22.3 Å². The van der Waals surface area contributed by atoms with Gasteiger partial charge >= 0.3 is 0 Å². The second-order valence-electron chi connectivity index (χ2n) is 11.7. The summed E-state index contributed by atoms with van der Waals surface area (Å²) in [7, 11) is -6.68. The van der Waals surface area contributed by atoms with Crippen LogP contribution in [-0.2, 0) is 9.13 Å². The number of hydrogen-bond donors (Lipinski definition) is 0.